The molecule has 1 fully saturated rings. The third-order valence-corrected chi connectivity index (χ3v) is 4.11. The molecule has 0 aromatic rings. The Morgan fingerprint density at radius 1 is 1.56 bits per heavy atom. The van der Waals surface area contributed by atoms with E-state index in [2.05, 4.69) is 12.2 Å². The largest absolute Gasteiger partial charge is 0.480 e. The summed E-state index contributed by atoms with van der Waals surface area (Å²) in [6.45, 7) is 5.47. The van der Waals surface area contributed by atoms with E-state index < -0.39 is 12.0 Å². The molecule has 18 heavy (non-hydrogen) atoms. The van der Waals surface area contributed by atoms with E-state index in [4.69, 9.17) is 5.11 Å². The smallest absolute Gasteiger partial charge is 0.326 e. The average Bonchev–Trinajstić information content (AvgIpc) is 2.33. The van der Waals surface area contributed by atoms with E-state index in [-0.39, 0.29) is 6.03 Å². The molecule has 0 saturated carbocycles. The van der Waals surface area contributed by atoms with Gasteiger partial charge >= 0.3 is 12.0 Å². The van der Waals surface area contributed by atoms with Gasteiger partial charge in [-0.25, -0.2) is 9.59 Å². The molecule has 1 rings (SSSR count). The van der Waals surface area contributed by atoms with E-state index in [1.54, 1.807) is 4.90 Å². The monoisotopic (exact) mass is 274 g/mol. The van der Waals surface area contributed by atoms with Gasteiger partial charge in [-0.2, -0.15) is 11.8 Å². The maximum Gasteiger partial charge on any atom is 0.326 e. The van der Waals surface area contributed by atoms with Gasteiger partial charge < -0.3 is 15.3 Å². The fourth-order valence-electron chi connectivity index (χ4n) is 1.91. The zero-order valence-electron chi connectivity index (χ0n) is 11.0. The standard InChI is InChI=1S/C12H22N2O3S/c1-3-4-5-10(11(15)16)13-12(17)14-6-7-18-9(2)8-14/h9-10H,3-8H2,1-2H3,(H,13,17)(H,15,16). The summed E-state index contributed by atoms with van der Waals surface area (Å²) in [4.78, 5) is 24.7. The predicted molar refractivity (Wildman–Crippen MR) is 73.0 cm³/mol. The minimum atomic E-state index is -0.948. The lowest BCUT2D eigenvalue weighted by atomic mass is 10.1. The molecular formula is C12H22N2O3S. The molecule has 0 bridgehead atoms. The first-order valence-corrected chi connectivity index (χ1v) is 7.49. The van der Waals surface area contributed by atoms with Crippen molar-refractivity contribution in [3.8, 4) is 0 Å². The van der Waals surface area contributed by atoms with Crippen molar-refractivity contribution in [1.29, 1.82) is 0 Å². The van der Waals surface area contributed by atoms with Gasteiger partial charge in [-0.05, 0) is 6.42 Å². The third-order valence-electron chi connectivity index (χ3n) is 2.97. The van der Waals surface area contributed by atoms with Crippen LogP contribution in [0.2, 0.25) is 0 Å². The molecule has 104 valence electrons. The number of carbonyl (C=O) groups is 2. The number of rotatable bonds is 5. The number of carbonyl (C=O) groups excluding carboxylic acids is 1. The number of carboxylic acids is 1. The SMILES string of the molecule is CCCCC(NC(=O)N1CCSC(C)C1)C(=O)O. The first-order valence-electron chi connectivity index (χ1n) is 6.44. The van der Waals surface area contributed by atoms with Crippen molar-refractivity contribution in [1.82, 2.24) is 10.2 Å². The summed E-state index contributed by atoms with van der Waals surface area (Å²) in [6.07, 6.45) is 2.23. The fraction of sp³-hybridized carbons (Fsp3) is 0.833. The van der Waals surface area contributed by atoms with Gasteiger partial charge in [0.25, 0.3) is 0 Å². The molecule has 0 spiro atoms. The van der Waals surface area contributed by atoms with E-state index in [1.807, 2.05) is 18.7 Å². The molecule has 1 aliphatic heterocycles. The fourth-order valence-corrected chi connectivity index (χ4v) is 2.92. The van der Waals surface area contributed by atoms with E-state index in [1.165, 1.54) is 0 Å². The van der Waals surface area contributed by atoms with Crippen LogP contribution in [0.15, 0.2) is 0 Å². The number of thioether (sulfide) groups is 1. The molecule has 0 aromatic carbocycles. The van der Waals surface area contributed by atoms with Gasteiger partial charge in [-0.1, -0.05) is 26.7 Å². The number of hydrogen-bond acceptors (Lipinski definition) is 3. The molecule has 6 heteroatoms. The Bertz CT molecular complexity index is 299. The van der Waals surface area contributed by atoms with Crippen LogP contribution in [0.5, 0.6) is 0 Å². The number of hydrogen-bond donors (Lipinski definition) is 2. The van der Waals surface area contributed by atoms with Gasteiger partial charge in [0.05, 0.1) is 0 Å². The number of aliphatic carboxylic acids is 1. The second-order valence-corrected chi connectivity index (χ2v) is 6.16. The highest BCUT2D eigenvalue weighted by Crippen LogP contribution is 2.17. The Hall–Kier alpha value is -0.910. The zero-order valence-corrected chi connectivity index (χ0v) is 11.8. The molecule has 1 saturated heterocycles. The molecule has 1 heterocycles. The van der Waals surface area contributed by atoms with Crippen LogP contribution in [0.1, 0.15) is 33.1 Å². The van der Waals surface area contributed by atoms with Crippen molar-refractivity contribution in [2.75, 3.05) is 18.8 Å². The van der Waals surface area contributed by atoms with Gasteiger partial charge in [-0.15, -0.1) is 0 Å². The summed E-state index contributed by atoms with van der Waals surface area (Å²) < 4.78 is 0. The molecule has 2 amide bonds. The first kappa shape index (κ1) is 15.1. The number of carboxylic acid groups (broad SMARTS) is 1. The van der Waals surface area contributed by atoms with E-state index in [0.29, 0.717) is 24.8 Å². The minimum absolute atomic E-state index is 0.245. The van der Waals surface area contributed by atoms with Crippen LogP contribution >= 0.6 is 11.8 Å². The molecule has 2 atom stereocenters. The first-order chi connectivity index (χ1) is 8.54. The van der Waals surface area contributed by atoms with E-state index in [0.717, 1.165) is 18.6 Å². The molecule has 0 aliphatic carbocycles. The molecule has 5 nitrogen and oxygen atoms in total. The van der Waals surface area contributed by atoms with Crippen LogP contribution in [0.4, 0.5) is 4.79 Å². The van der Waals surface area contributed by atoms with Gasteiger partial charge in [0.15, 0.2) is 0 Å². The Labute approximate surface area is 112 Å². The summed E-state index contributed by atoms with van der Waals surface area (Å²) in [5.41, 5.74) is 0. The molecule has 2 N–H and O–H groups in total. The summed E-state index contributed by atoms with van der Waals surface area (Å²) in [5.74, 6) is -0.0300. The van der Waals surface area contributed by atoms with Crippen molar-refractivity contribution in [3.05, 3.63) is 0 Å². The van der Waals surface area contributed by atoms with Crippen LogP contribution in [0.3, 0.4) is 0 Å². The van der Waals surface area contributed by atoms with Crippen molar-refractivity contribution >= 4 is 23.8 Å². The Kier molecular flexibility index (Phi) is 6.32. The quantitative estimate of drug-likeness (QED) is 0.801. The topological polar surface area (TPSA) is 69.6 Å². The molecule has 0 aromatic heterocycles. The Balaban J connectivity index is 2.46. The normalized spacial score (nSPS) is 21.4. The number of amides is 2. The second-order valence-electron chi connectivity index (χ2n) is 4.61. The van der Waals surface area contributed by atoms with Crippen LogP contribution in [-0.4, -0.2) is 52.1 Å². The Morgan fingerprint density at radius 3 is 2.83 bits per heavy atom. The summed E-state index contributed by atoms with van der Waals surface area (Å²) in [6, 6.07) is -1.01. The van der Waals surface area contributed by atoms with Gasteiger partial charge in [-0.3, -0.25) is 0 Å². The van der Waals surface area contributed by atoms with Crippen LogP contribution in [0, 0.1) is 0 Å². The van der Waals surface area contributed by atoms with Gasteiger partial charge in [0.1, 0.15) is 6.04 Å². The molecular weight excluding hydrogens is 252 g/mol. The van der Waals surface area contributed by atoms with Crippen molar-refractivity contribution < 1.29 is 14.7 Å². The number of nitrogens with zero attached hydrogens (tertiary/aromatic N) is 1. The van der Waals surface area contributed by atoms with Crippen LogP contribution in [0.25, 0.3) is 0 Å². The zero-order chi connectivity index (χ0) is 13.5. The third kappa shape index (κ3) is 4.76. The van der Waals surface area contributed by atoms with Crippen molar-refractivity contribution in [3.63, 3.8) is 0 Å². The number of nitrogens with one attached hydrogen (secondary N) is 1. The van der Waals surface area contributed by atoms with Gasteiger partial charge in [0, 0.05) is 24.1 Å². The second kappa shape index (κ2) is 7.51. The maximum absolute atomic E-state index is 12.0. The van der Waals surface area contributed by atoms with E-state index >= 15 is 0 Å². The molecule has 1 aliphatic rings. The summed E-state index contributed by atoms with van der Waals surface area (Å²) in [7, 11) is 0. The lowest BCUT2D eigenvalue weighted by molar-refractivity contribution is -0.139. The number of urea groups is 1. The lowest BCUT2D eigenvalue weighted by Gasteiger charge is -2.31. The lowest BCUT2D eigenvalue weighted by Crippen LogP contribution is -2.51. The highest BCUT2D eigenvalue weighted by atomic mass is 32.2. The Morgan fingerprint density at radius 2 is 2.28 bits per heavy atom. The van der Waals surface area contributed by atoms with Gasteiger partial charge in [0.2, 0.25) is 0 Å². The highest BCUT2D eigenvalue weighted by Gasteiger charge is 2.25. The maximum atomic E-state index is 12.0. The van der Waals surface area contributed by atoms with Crippen molar-refractivity contribution in [2.24, 2.45) is 0 Å². The van der Waals surface area contributed by atoms with E-state index in [9.17, 15) is 9.59 Å². The summed E-state index contributed by atoms with van der Waals surface area (Å²) in [5, 5.41) is 12.1. The van der Waals surface area contributed by atoms with Crippen molar-refractivity contribution in [2.45, 2.75) is 44.4 Å². The average molecular weight is 274 g/mol. The summed E-state index contributed by atoms with van der Waals surface area (Å²) >= 11 is 1.84. The predicted octanol–water partition coefficient (Wildman–Crippen LogP) is 1.78. The van der Waals surface area contributed by atoms with Crippen LogP contribution < -0.4 is 5.32 Å². The minimum Gasteiger partial charge on any atom is -0.480 e. The molecule has 2 unspecified atom stereocenters. The number of unbranched alkanes of at least 4 members (excludes halogenated alkanes) is 1. The highest BCUT2D eigenvalue weighted by molar-refractivity contribution is 7.99. The molecule has 0 radical (unpaired) electrons. The van der Waals surface area contributed by atoms with Crippen LogP contribution in [-0.2, 0) is 4.79 Å².